The Morgan fingerprint density at radius 2 is 1.95 bits per heavy atom. The van der Waals surface area contributed by atoms with E-state index in [1.54, 1.807) is 0 Å². The zero-order valence-electron chi connectivity index (χ0n) is 11.3. The number of nitrogens with two attached hydrogens (primary N) is 1. The van der Waals surface area contributed by atoms with E-state index in [0.717, 1.165) is 11.1 Å². The van der Waals surface area contributed by atoms with Gasteiger partial charge in [-0.15, -0.1) is 0 Å². The molecule has 106 valence electrons. The number of ether oxygens (including phenoxy) is 1. The van der Waals surface area contributed by atoms with Crippen LogP contribution in [0.4, 0.5) is 0 Å². The van der Waals surface area contributed by atoms with Crippen LogP contribution in [0.15, 0.2) is 48.5 Å². The number of para-hydroxylation sites is 1. The van der Waals surface area contributed by atoms with E-state index in [1.807, 2.05) is 55.5 Å². The molecule has 2 rings (SSSR count). The third-order valence-corrected chi connectivity index (χ3v) is 3.29. The lowest BCUT2D eigenvalue weighted by atomic mass is 10.0. The van der Waals surface area contributed by atoms with Crippen molar-refractivity contribution in [3.63, 3.8) is 0 Å². The molecule has 0 amide bonds. The molecule has 0 fully saturated rings. The Hall–Kier alpha value is -1.55. The number of halogens is 1. The highest BCUT2D eigenvalue weighted by atomic mass is 35.5. The smallest absolute Gasteiger partial charge is 0.139 e. The summed E-state index contributed by atoms with van der Waals surface area (Å²) in [7, 11) is 0. The number of hydrogen-bond acceptors (Lipinski definition) is 3. The van der Waals surface area contributed by atoms with E-state index in [2.05, 4.69) is 0 Å². The molecule has 0 aliphatic heterocycles. The Morgan fingerprint density at radius 1 is 1.20 bits per heavy atom. The van der Waals surface area contributed by atoms with E-state index in [-0.39, 0.29) is 18.8 Å². The Morgan fingerprint density at radius 3 is 2.60 bits per heavy atom. The maximum Gasteiger partial charge on any atom is 0.139 e. The SMILES string of the molecule is CC(N)C(Oc1ccccc1CO)c1cccc(Cl)c1. The van der Waals surface area contributed by atoms with Crippen molar-refractivity contribution >= 4 is 11.6 Å². The average Bonchev–Trinajstić information content (AvgIpc) is 2.44. The lowest BCUT2D eigenvalue weighted by Crippen LogP contribution is -2.29. The Balaban J connectivity index is 2.31. The van der Waals surface area contributed by atoms with Crippen molar-refractivity contribution < 1.29 is 9.84 Å². The molecule has 0 aliphatic rings. The maximum atomic E-state index is 9.35. The summed E-state index contributed by atoms with van der Waals surface area (Å²) in [6, 6.07) is 14.6. The summed E-state index contributed by atoms with van der Waals surface area (Å²) in [5.74, 6) is 0.636. The Kier molecular flexibility index (Phi) is 5.01. The minimum Gasteiger partial charge on any atom is -0.484 e. The number of benzene rings is 2. The van der Waals surface area contributed by atoms with Gasteiger partial charge in [0, 0.05) is 16.6 Å². The van der Waals surface area contributed by atoms with Gasteiger partial charge in [0.2, 0.25) is 0 Å². The fraction of sp³-hybridized carbons (Fsp3) is 0.250. The standard InChI is InChI=1S/C16H18ClNO2/c1-11(18)16(12-6-4-7-14(17)9-12)20-15-8-3-2-5-13(15)10-19/h2-9,11,16,19H,10,18H2,1H3. The molecule has 3 nitrogen and oxygen atoms in total. The van der Waals surface area contributed by atoms with Gasteiger partial charge in [-0.2, -0.15) is 0 Å². The van der Waals surface area contributed by atoms with Crippen molar-refractivity contribution in [3.05, 3.63) is 64.7 Å². The second kappa shape index (κ2) is 6.75. The van der Waals surface area contributed by atoms with Gasteiger partial charge in [-0.25, -0.2) is 0 Å². The Bertz CT molecular complexity index is 572. The first kappa shape index (κ1) is 14.9. The molecule has 0 bridgehead atoms. The first-order valence-electron chi connectivity index (χ1n) is 6.48. The number of aliphatic hydroxyl groups is 1. The van der Waals surface area contributed by atoms with Crippen LogP contribution < -0.4 is 10.5 Å². The molecule has 3 N–H and O–H groups in total. The van der Waals surface area contributed by atoms with E-state index in [9.17, 15) is 5.11 Å². The fourth-order valence-corrected chi connectivity index (χ4v) is 2.25. The van der Waals surface area contributed by atoms with E-state index in [0.29, 0.717) is 10.8 Å². The second-order valence-electron chi connectivity index (χ2n) is 4.72. The van der Waals surface area contributed by atoms with Gasteiger partial charge in [-0.05, 0) is 30.7 Å². The van der Waals surface area contributed by atoms with Crippen molar-refractivity contribution in [2.45, 2.75) is 25.7 Å². The van der Waals surface area contributed by atoms with Gasteiger partial charge >= 0.3 is 0 Å². The fourth-order valence-electron chi connectivity index (χ4n) is 2.05. The van der Waals surface area contributed by atoms with Crippen molar-refractivity contribution in [2.24, 2.45) is 5.73 Å². The van der Waals surface area contributed by atoms with E-state index >= 15 is 0 Å². The van der Waals surface area contributed by atoms with Crippen LogP contribution in [0.25, 0.3) is 0 Å². The quantitative estimate of drug-likeness (QED) is 0.889. The zero-order valence-corrected chi connectivity index (χ0v) is 12.0. The largest absolute Gasteiger partial charge is 0.484 e. The van der Waals surface area contributed by atoms with Crippen molar-refractivity contribution in [2.75, 3.05) is 0 Å². The molecule has 0 aromatic heterocycles. The van der Waals surface area contributed by atoms with E-state index in [1.165, 1.54) is 0 Å². The third-order valence-electron chi connectivity index (χ3n) is 3.05. The minimum absolute atomic E-state index is 0.0720. The summed E-state index contributed by atoms with van der Waals surface area (Å²) in [6.07, 6.45) is -0.318. The average molecular weight is 292 g/mol. The highest BCUT2D eigenvalue weighted by Crippen LogP contribution is 2.28. The van der Waals surface area contributed by atoms with E-state index in [4.69, 9.17) is 22.1 Å². The zero-order chi connectivity index (χ0) is 14.5. The summed E-state index contributed by atoms with van der Waals surface area (Å²) in [5, 5.41) is 10.00. The molecule has 2 atom stereocenters. The highest BCUT2D eigenvalue weighted by Gasteiger charge is 2.19. The van der Waals surface area contributed by atoms with Crippen LogP contribution in [0.5, 0.6) is 5.75 Å². The van der Waals surface area contributed by atoms with Crippen molar-refractivity contribution in [3.8, 4) is 5.75 Å². The summed E-state index contributed by atoms with van der Waals surface area (Å²) in [6.45, 7) is 1.81. The topological polar surface area (TPSA) is 55.5 Å². The summed E-state index contributed by atoms with van der Waals surface area (Å²) >= 11 is 6.02. The Labute approximate surface area is 123 Å². The molecule has 20 heavy (non-hydrogen) atoms. The first-order valence-corrected chi connectivity index (χ1v) is 6.86. The van der Waals surface area contributed by atoms with Gasteiger partial charge < -0.3 is 15.6 Å². The maximum absolute atomic E-state index is 9.35. The molecular formula is C16H18ClNO2. The molecule has 4 heteroatoms. The molecule has 2 aromatic carbocycles. The molecule has 0 heterocycles. The molecule has 2 unspecified atom stereocenters. The lowest BCUT2D eigenvalue weighted by molar-refractivity contribution is 0.173. The molecule has 0 radical (unpaired) electrons. The summed E-state index contributed by atoms with van der Waals surface area (Å²) in [4.78, 5) is 0. The van der Waals surface area contributed by atoms with Crippen LogP contribution in [-0.2, 0) is 6.61 Å². The van der Waals surface area contributed by atoms with Gasteiger partial charge in [-0.1, -0.05) is 41.9 Å². The van der Waals surface area contributed by atoms with Crippen LogP contribution in [0.2, 0.25) is 5.02 Å². The van der Waals surface area contributed by atoms with Gasteiger partial charge in [0.05, 0.1) is 6.61 Å². The van der Waals surface area contributed by atoms with E-state index < -0.39 is 0 Å². The second-order valence-corrected chi connectivity index (χ2v) is 5.15. The van der Waals surface area contributed by atoms with Crippen molar-refractivity contribution in [1.82, 2.24) is 0 Å². The predicted molar refractivity (Wildman–Crippen MR) is 80.8 cm³/mol. The minimum atomic E-state index is -0.318. The molecular weight excluding hydrogens is 274 g/mol. The van der Waals surface area contributed by atoms with Crippen LogP contribution in [0.3, 0.4) is 0 Å². The van der Waals surface area contributed by atoms with Gasteiger partial charge in [0.25, 0.3) is 0 Å². The van der Waals surface area contributed by atoms with Crippen LogP contribution in [0, 0.1) is 0 Å². The first-order chi connectivity index (χ1) is 9.61. The third kappa shape index (κ3) is 3.51. The van der Waals surface area contributed by atoms with Gasteiger partial charge in [0.15, 0.2) is 0 Å². The monoisotopic (exact) mass is 291 g/mol. The van der Waals surface area contributed by atoms with Gasteiger partial charge in [-0.3, -0.25) is 0 Å². The van der Waals surface area contributed by atoms with Crippen LogP contribution in [0.1, 0.15) is 24.2 Å². The predicted octanol–water partition coefficient (Wildman–Crippen LogP) is 3.30. The number of rotatable bonds is 5. The molecule has 2 aromatic rings. The van der Waals surface area contributed by atoms with Crippen LogP contribution in [-0.4, -0.2) is 11.1 Å². The molecule has 0 aliphatic carbocycles. The molecule has 0 saturated heterocycles. The highest BCUT2D eigenvalue weighted by molar-refractivity contribution is 6.30. The summed E-state index contributed by atoms with van der Waals surface area (Å²) < 4.78 is 6.00. The molecule has 0 saturated carbocycles. The summed E-state index contributed by atoms with van der Waals surface area (Å²) in [5.41, 5.74) is 7.68. The number of hydrogen-bond donors (Lipinski definition) is 2. The van der Waals surface area contributed by atoms with Crippen molar-refractivity contribution in [1.29, 1.82) is 0 Å². The lowest BCUT2D eigenvalue weighted by Gasteiger charge is -2.24. The van der Waals surface area contributed by atoms with Gasteiger partial charge in [0.1, 0.15) is 11.9 Å². The normalized spacial score (nSPS) is 13.8. The number of aliphatic hydroxyl groups excluding tert-OH is 1. The van der Waals surface area contributed by atoms with Crippen LogP contribution >= 0.6 is 11.6 Å². The molecule has 0 spiro atoms.